The monoisotopic (exact) mass is 491 g/mol. The number of ether oxygens (including phenoxy) is 1. The summed E-state index contributed by atoms with van der Waals surface area (Å²) in [4.78, 5) is 24.7. The summed E-state index contributed by atoms with van der Waals surface area (Å²) in [5.41, 5.74) is 6.23. The Balaban J connectivity index is 1.36. The smallest absolute Gasteiger partial charge is 0.254 e. The fourth-order valence-corrected chi connectivity index (χ4v) is 3.92. The van der Waals surface area contributed by atoms with E-state index in [2.05, 4.69) is 34.7 Å². The first-order chi connectivity index (χ1) is 18.0. The van der Waals surface area contributed by atoms with Gasteiger partial charge in [-0.2, -0.15) is 0 Å². The number of hydrogen-bond donors (Lipinski definition) is 3. The number of nitrogens with one attached hydrogen (secondary N) is 3. The lowest BCUT2D eigenvalue weighted by molar-refractivity contribution is 0.0946. The molecule has 0 unspecified atom stereocenters. The predicted molar refractivity (Wildman–Crippen MR) is 149 cm³/mol. The van der Waals surface area contributed by atoms with Crippen LogP contribution in [0.5, 0.6) is 11.5 Å². The first kappa shape index (κ1) is 25.3. The number of para-hydroxylation sites is 1. The fourth-order valence-electron chi connectivity index (χ4n) is 3.92. The van der Waals surface area contributed by atoms with E-state index < -0.39 is 0 Å². The molecule has 6 nitrogen and oxygen atoms in total. The minimum Gasteiger partial charge on any atom is -0.457 e. The van der Waals surface area contributed by atoms with Crippen molar-refractivity contribution >= 4 is 23.6 Å². The molecule has 0 atom stereocenters. The van der Waals surface area contributed by atoms with Crippen molar-refractivity contribution in [2.45, 2.75) is 6.54 Å². The van der Waals surface area contributed by atoms with Crippen LogP contribution >= 0.6 is 0 Å². The molecule has 0 bridgehead atoms. The van der Waals surface area contributed by atoms with E-state index in [0.717, 1.165) is 27.9 Å². The Kier molecular flexibility index (Phi) is 8.01. The summed E-state index contributed by atoms with van der Waals surface area (Å²) >= 11 is 0. The molecule has 0 heterocycles. The van der Waals surface area contributed by atoms with Crippen molar-refractivity contribution in [1.29, 1.82) is 0 Å². The Bertz CT molecular complexity index is 1410. The maximum Gasteiger partial charge on any atom is 0.254 e. The highest BCUT2D eigenvalue weighted by Gasteiger charge is 2.12. The Hall–Kier alpha value is -4.84. The molecule has 4 aromatic carbocycles. The van der Waals surface area contributed by atoms with Gasteiger partial charge in [0.2, 0.25) is 0 Å². The first-order valence-corrected chi connectivity index (χ1v) is 11.9. The molecule has 0 aliphatic carbocycles. The molecule has 6 heteroatoms. The number of amides is 2. The summed E-state index contributed by atoms with van der Waals surface area (Å²) in [7, 11) is 3.46. The second-order valence-corrected chi connectivity index (χ2v) is 8.34. The molecule has 3 N–H and O–H groups in total. The van der Waals surface area contributed by atoms with Gasteiger partial charge in [0, 0.05) is 31.9 Å². The van der Waals surface area contributed by atoms with Gasteiger partial charge in [-0.05, 0) is 70.8 Å². The lowest BCUT2D eigenvalue weighted by atomic mass is 10.0. The van der Waals surface area contributed by atoms with E-state index in [1.54, 1.807) is 55.6 Å². The summed E-state index contributed by atoms with van der Waals surface area (Å²) in [5, 5.41) is 8.72. The zero-order chi connectivity index (χ0) is 26.2. The van der Waals surface area contributed by atoms with Crippen LogP contribution in [0.4, 0.5) is 5.69 Å². The molecule has 186 valence electrons. The fraction of sp³-hybridized carbons (Fsp3) is 0.0968. The highest BCUT2D eigenvalue weighted by molar-refractivity contribution is 5.97. The summed E-state index contributed by atoms with van der Waals surface area (Å²) < 4.78 is 5.87. The molecule has 4 rings (SSSR count). The zero-order valence-electron chi connectivity index (χ0n) is 20.9. The largest absolute Gasteiger partial charge is 0.457 e. The van der Waals surface area contributed by atoms with Crippen molar-refractivity contribution < 1.29 is 14.3 Å². The van der Waals surface area contributed by atoms with Gasteiger partial charge in [-0.1, -0.05) is 55.1 Å². The molecule has 0 fully saturated rings. The summed E-state index contributed by atoms with van der Waals surface area (Å²) in [6, 6.07) is 28.1. The van der Waals surface area contributed by atoms with Crippen LogP contribution in [-0.4, -0.2) is 25.9 Å². The van der Waals surface area contributed by atoms with Gasteiger partial charge in [-0.3, -0.25) is 9.59 Å². The number of carbonyl (C=O) groups is 2. The molecule has 2 amide bonds. The zero-order valence-corrected chi connectivity index (χ0v) is 20.9. The second kappa shape index (κ2) is 11.7. The van der Waals surface area contributed by atoms with Crippen LogP contribution in [-0.2, 0) is 6.54 Å². The number of carbonyl (C=O) groups excluding carboxylic acids is 2. The third-order valence-corrected chi connectivity index (χ3v) is 5.98. The van der Waals surface area contributed by atoms with Gasteiger partial charge in [-0.25, -0.2) is 0 Å². The first-order valence-electron chi connectivity index (χ1n) is 11.9. The third-order valence-electron chi connectivity index (χ3n) is 5.98. The standard InChI is InChI=1S/C31H29N3O3/c1-4-22-19-25(15-18-28(22)32-2)23-11-9-21(10-12-23)20-34-30(35)24-13-16-26(17-14-24)37-29-8-6-5-7-27(29)31(36)33-3/h4-19,32H,1,20H2,2-3H3,(H,33,36)(H,34,35). The molecule has 0 spiro atoms. The normalized spacial score (nSPS) is 10.3. The molecule has 0 saturated heterocycles. The molecule has 0 radical (unpaired) electrons. The van der Waals surface area contributed by atoms with Crippen molar-refractivity contribution in [3.05, 3.63) is 120 Å². The van der Waals surface area contributed by atoms with Gasteiger partial charge >= 0.3 is 0 Å². The minimum atomic E-state index is -0.229. The van der Waals surface area contributed by atoms with Gasteiger partial charge in [0.25, 0.3) is 11.8 Å². The van der Waals surface area contributed by atoms with Crippen molar-refractivity contribution in [1.82, 2.24) is 10.6 Å². The Morgan fingerprint density at radius 1 is 0.838 bits per heavy atom. The van der Waals surface area contributed by atoms with Gasteiger partial charge in [0.15, 0.2) is 0 Å². The van der Waals surface area contributed by atoms with E-state index in [1.165, 1.54) is 0 Å². The molecule has 0 aliphatic heterocycles. The molecule has 37 heavy (non-hydrogen) atoms. The summed E-state index contributed by atoms with van der Waals surface area (Å²) in [5.74, 6) is 0.569. The summed E-state index contributed by atoms with van der Waals surface area (Å²) in [6.45, 7) is 4.30. The topological polar surface area (TPSA) is 79.5 Å². The van der Waals surface area contributed by atoms with Crippen LogP contribution in [0.2, 0.25) is 0 Å². The average Bonchev–Trinajstić information content (AvgIpc) is 2.96. The molecule has 4 aromatic rings. The predicted octanol–water partition coefficient (Wildman–Crippen LogP) is 6.12. The highest BCUT2D eigenvalue weighted by Crippen LogP contribution is 2.27. The Morgan fingerprint density at radius 2 is 1.54 bits per heavy atom. The maximum absolute atomic E-state index is 12.7. The highest BCUT2D eigenvalue weighted by atomic mass is 16.5. The number of anilines is 1. The molecular weight excluding hydrogens is 462 g/mol. The van der Waals surface area contributed by atoms with E-state index in [4.69, 9.17) is 4.74 Å². The molecule has 0 aromatic heterocycles. The van der Waals surface area contributed by atoms with Crippen LogP contribution in [0.3, 0.4) is 0 Å². The number of rotatable bonds is 9. The van der Waals surface area contributed by atoms with Crippen LogP contribution < -0.4 is 20.7 Å². The van der Waals surface area contributed by atoms with E-state index in [0.29, 0.717) is 29.2 Å². The summed E-state index contributed by atoms with van der Waals surface area (Å²) in [6.07, 6.45) is 1.83. The van der Waals surface area contributed by atoms with Gasteiger partial charge < -0.3 is 20.7 Å². The van der Waals surface area contributed by atoms with Crippen LogP contribution in [0.25, 0.3) is 17.2 Å². The van der Waals surface area contributed by atoms with Gasteiger partial charge in [0.05, 0.1) is 5.56 Å². The van der Waals surface area contributed by atoms with Crippen molar-refractivity contribution in [2.24, 2.45) is 0 Å². The SMILES string of the molecule is C=Cc1cc(-c2ccc(CNC(=O)c3ccc(Oc4ccccc4C(=O)NC)cc3)cc2)ccc1NC. The van der Waals surface area contributed by atoms with Gasteiger partial charge in [0.1, 0.15) is 11.5 Å². The van der Waals surface area contributed by atoms with Crippen molar-refractivity contribution in [2.75, 3.05) is 19.4 Å². The van der Waals surface area contributed by atoms with Gasteiger partial charge in [-0.15, -0.1) is 0 Å². The average molecular weight is 492 g/mol. The van der Waals surface area contributed by atoms with Crippen LogP contribution in [0.1, 0.15) is 31.8 Å². The molecular formula is C31H29N3O3. The molecule has 0 saturated carbocycles. The lowest BCUT2D eigenvalue weighted by Gasteiger charge is -2.11. The Labute approximate surface area is 217 Å². The lowest BCUT2D eigenvalue weighted by Crippen LogP contribution is -2.22. The van der Waals surface area contributed by atoms with Crippen LogP contribution in [0.15, 0.2) is 97.6 Å². The van der Waals surface area contributed by atoms with E-state index in [1.807, 2.05) is 43.5 Å². The minimum absolute atomic E-state index is 0.181. The maximum atomic E-state index is 12.7. The Morgan fingerprint density at radius 3 is 2.22 bits per heavy atom. The quantitative estimate of drug-likeness (QED) is 0.264. The second-order valence-electron chi connectivity index (χ2n) is 8.34. The van der Waals surface area contributed by atoms with E-state index in [-0.39, 0.29) is 11.8 Å². The van der Waals surface area contributed by atoms with E-state index in [9.17, 15) is 9.59 Å². The van der Waals surface area contributed by atoms with Crippen molar-refractivity contribution in [3.8, 4) is 22.6 Å². The molecule has 0 aliphatic rings. The number of benzene rings is 4. The van der Waals surface area contributed by atoms with E-state index >= 15 is 0 Å². The third kappa shape index (κ3) is 6.05. The number of hydrogen-bond acceptors (Lipinski definition) is 4. The van der Waals surface area contributed by atoms with Crippen molar-refractivity contribution in [3.63, 3.8) is 0 Å². The van der Waals surface area contributed by atoms with Crippen LogP contribution in [0, 0.1) is 0 Å².